The first kappa shape index (κ1) is 23.3. The molecule has 1 N–H and O–H groups in total. The topological polar surface area (TPSA) is 111 Å². The first-order chi connectivity index (χ1) is 17.2. The molecule has 2 heterocycles. The van der Waals surface area contributed by atoms with Crippen molar-refractivity contribution in [2.75, 3.05) is 5.32 Å². The van der Waals surface area contributed by atoms with Gasteiger partial charge in [-0.2, -0.15) is 0 Å². The van der Waals surface area contributed by atoms with Crippen LogP contribution in [0, 0.1) is 12.3 Å². The number of carbonyl (C=O) groups is 2. The molecule has 8 nitrogen and oxygen atoms in total. The number of hydrogen-bond acceptors (Lipinski definition) is 7. The number of hydrogen-bond donors (Lipinski definition) is 1. The quantitative estimate of drug-likeness (QED) is 0.233. The molecule has 1 aliphatic carbocycles. The molecule has 0 aliphatic heterocycles. The Balaban J connectivity index is 1.46. The van der Waals surface area contributed by atoms with Crippen molar-refractivity contribution in [3.05, 3.63) is 99.3 Å². The highest BCUT2D eigenvalue weighted by molar-refractivity contribution is 6.09. The number of para-hydroxylation sites is 2. The van der Waals surface area contributed by atoms with Crippen molar-refractivity contribution in [1.82, 2.24) is 0 Å². The lowest BCUT2D eigenvalue weighted by atomic mass is 9.75. The fourth-order valence-electron chi connectivity index (χ4n) is 4.47. The van der Waals surface area contributed by atoms with Crippen LogP contribution in [-0.4, -0.2) is 17.6 Å². The Morgan fingerprint density at radius 3 is 2.50 bits per heavy atom. The zero-order chi connectivity index (χ0) is 25.4. The fourth-order valence-corrected chi connectivity index (χ4v) is 4.47. The van der Waals surface area contributed by atoms with Crippen molar-refractivity contribution in [2.45, 2.75) is 33.6 Å². The Morgan fingerprint density at radius 1 is 1.00 bits per heavy atom. The summed E-state index contributed by atoms with van der Waals surface area (Å²) in [6.07, 6.45) is 1.07. The van der Waals surface area contributed by atoms with Gasteiger partial charge in [0, 0.05) is 28.6 Å². The van der Waals surface area contributed by atoms with E-state index < -0.39 is 11.6 Å². The summed E-state index contributed by atoms with van der Waals surface area (Å²) in [4.78, 5) is 43.2. The van der Waals surface area contributed by atoms with Gasteiger partial charge in [-0.05, 0) is 43.0 Å². The van der Waals surface area contributed by atoms with E-state index in [-0.39, 0.29) is 22.6 Å². The van der Waals surface area contributed by atoms with Crippen LogP contribution in [0.2, 0.25) is 0 Å². The van der Waals surface area contributed by atoms with Crippen LogP contribution in [0.15, 0.2) is 79.4 Å². The standard InChI is InChI=1S/C28H24N2O6/c1-16-23-20(30-36-27(33)19-13-17-9-7-8-12-21(17)35-26(19)32)14-28(2,3)15-22(23)34-24(16)25(31)29-18-10-5-4-6-11-18/h4-13H,14-15H2,1-3H3,(H,29,31)/b30-20+. The molecule has 0 bridgehead atoms. The highest BCUT2D eigenvalue weighted by atomic mass is 16.7. The van der Waals surface area contributed by atoms with Crippen molar-refractivity contribution in [3.63, 3.8) is 0 Å². The predicted molar refractivity (Wildman–Crippen MR) is 134 cm³/mol. The third kappa shape index (κ3) is 4.45. The molecule has 2 aromatic heterocycles. The monoisotopic (exact) mass is 484 g/mol. The van der Waals surface area contributed by atoms with E-state index in [9.17, 15) is 14.4 Å². The summed E-state index contributed by atoms with van der Waals surface area (Å²) in [5.41, 5.74) is 1.44. The summed E-state index contributed by atoms with van der Waals surface area (Å²) in [5.74, 6) is -0.524. The van der Waals surface area contributed by atoms with E-state index in [0.29, 0.717) is 52.1 Å². The molecule has 5 rings (SSSR count). The minimum atomic E-state index is -0.921. The molecule has 0 saturated heterocycles. The van der Waals surface area contributed by atoms with Gasteiger partial charge < -0.3 is 19.0 Å². The van der Waals surface area contributed by atoms with Gasteiger partial charge in [0.2, 0.25) is 0 Å². The molecule has 1 amide bonds. The molecule has 0 spiro atoms. The number of nitrogens with one attached hydrogen (secondary N) is 1. The van der Waals surface area contributed by atoms with E-state index in [2.05, 4.69) is 10.5 Å². The molecule has 0 saturated carbocycles. The van der Waals surface area contributed by atoms with E-state index in [4.69, 9.17) is 13.7 Å². The molecule has 0 unspecified atom stereocenters. The maximum absolute atomic E-state index is 12.9. The molecule has 36 heavy (non-hydrogen) atoms. The Hall–Kier alpha value is -4.46. The van der Waals surface area contributed by atoms with Crippen LogP contribution >= 0.6 is 0 Å². The predicted octanol–water partition coefficient (Wildman–Crippen LogP) is 5.48. The minimum Gasteiger partial charge on any atom is -0.455 e. The van der Waals surface area contributed by atoms with Crippen LogP contribution in [0.5, 0.6) is 0 Å². The Labute approximate surface area is 206 Å². The van der Waals surface area contributed by atoms with Crippen LogP contribution < -0.4 is 10.9 Å². The second kappa shape index (κ2) is 8.96. The Kier molecular flexibility index (Phi) is 5.80. The third-order valence-electron chi connectivity index (χ3n) is 6.13. The summed E-state index contributed by atoms with van der Waals surface area (Å²) in [7, 11) is 0. The van der Waals surface area contributed by atoms with Gasteiger partial charge in [-0.25, -0.2) is 9.59 Å². The van der Waals surface area contributed by atoms with Crippen molar-refractivity contribution in [2.24, 2.45) is 10.6 Å². The molecule has 0 radical (unpaired) electrons. The van der Waals surface area contributed by atoms with E-state index in [1.165, 1.54) is 6.07 Å². The van der Waals surface area contributed by atoms with Crippen molar-refractivity contribution in [3.8, 4) is 0 Å². The first-order valence-electron chi connectivity index (χ1n) is 11.5. The summed E-state index contributed by atoms with van der Waals surface area (Å²) in [6.45, 7) is 5.84. The van der Waals surface area contributed by atoms with Gasteiger partial charge in [-0.1, -0.05) is 55.4 Å². The van der Waals surface area contributed by atoms with Gasteiger partial charge in [0.25, 0.3) is 5.91 Å². The Morgan fingerprint density at radius 2 is 1.72 bits per heavy atom. The van der Waals surface area contributed by atoms with E-state index in [1.54, 1.807) is 43.3 Å². The number of amides is 1. The summed E-state index contributed by atoms with van der Waals surface area (Å²) in [5, 5.41) is 7.56. The van der Waals surface area contributed by atoms with Gasteiger partial charge in [-0.3, -0.25) is 4.79 Å². The number of furan rings is 1. The van der Waals surface area contributed by atoms with Crippen LogP contribution in [0.4, 0.5) is 5.69 Å². The Bertz CT molecular complexity index is 1580. The van der Waals surface area contributed by atoms with Crippen molar-refractivity contribution in [1.29, 1.82) is 0 Å². The van der Waals surface area contributed by atoms with E-state index >= 15 is 0 Å². The van der Waals surface area contributed by atoms with Crippen LogP contribution in [-0.2, 0) is 11.3 Å². The number of anilines is 1. The second-order valence-electron chi connectivity index (χ2n) is 9.59. The molecule has 1 aliphatic rings. The smallest absolute Gasteiger partial charge is 0.373 e. The maximum Gasteiger partial charge on any atom is 0.373 e. The van der Waals surface area contributed by atoms with E-state index in [1.807, 2.05) is 32.0 Å². The molecule has 2 aromatic carbocycles. The van der Waals surface area contributed by atoms with Gasteiger partial charge in [0.15, 0.2) is 5.76 Å². The van der Waals surface area contributed by atoms with Crippen LogP contribution in [0.3, 0.4) is 0 Å². The normalized spacial score (nSPS) is 15.5. The summed E-state index contributed by atoms with van der Waals surface area (Å²) in [6, 6.07) is 17.4. The van der Waals surface area contributed by atoms with Gasteiger partial charge >= 0.3 is 11.6 Å². The minimum absolute atomic E-state index is 0.177. The molecule has 182 valence electrons. The average molecular weight is 485 g/mol. The molecule has 4 aromatic rings. The van der Waals surface area contributed by atoms with Crippen LogP contribution in [0.1, 0.15) is 58.1 Å². The van der Waals surface area contributed by atoms with Crippen LogP contribution in [0.25, 0.3) is 11.0 Å². The zero-order valence-electron chi connectivity index (χ0n) is 20.1. The highest BCUT2D eigenvalue weighted by Gasteiger charge is 2.36. The number of oxime groups is 1. The lowest BCUT2D eigenvalue weighted by molar-refractivity contribution is 0.0509. The average Bonchev–Trinajstić information content (AvgIpc) is 3.17. The first-order valence-corrected chi connectivity index (χ1v) is 11.5. The van der Waals surface area contributed by atoms with Gasteiger partial charge in [0.1, 0.15) is 16.9 Å². The summed E-state index contributed by atoms with van der Waals surface area (Å²) < 4.78 is 11.2. The lowest BCUT2D eigenvalue weighted by Gasteiger charge is -2.29. The fraction of sp³-hybridized carbons (Fsp3) is 0.214. The molecular weight excluding hydrogens is 460 g/mol. The van der Waals surface area contributed by atoms with Crippen molar-refractivity contribution >= 4 is 34.2 Å². The second-order valence-corrected chi connectivity index (χ2v) is 9.59. The number of benzene rings is 2. The largest absolute Gasteiger partial charge is 0.455 e. The molecule has 0 fully saturated rings. The number of nitrogens with zero attached hydrogens (tertiary/aromatic N) is 1. The third-order valence-corrected chi connectivity index (χ3v) is 6.13. The maximum atomic E-state index is 12.9. The SMILES string of the molecule is Cc1c(C(=O)Nc2ccccc2)oc2c1/C(=N/OC(=O)c1cc3ccccc3oc1=O)CC(C)(C)C2. The molecular formula is C28H24N2O6. The van der Waals surface area contributed by atoms with Gasteiger partial charge in [0.05, 0.1) is 5.71 Å². The number of carbonyl (C=O) groups excluding carboxylic acids is 2. The highest BCUT2D eigenvalue weighted by Crippen LogP contribution is 2.39. The molecule has 8 heteroatoms. The number of fused-ring (bicyclic) bond motifs is 2. The number of rotatable bonds is 4. The summed E-state index contributed by atoms with van der Waals surface area (Å²) >= 11 is 0. The van der Waals surface area contributed by atoms with Crippen molar-refractivity contribution < 1.29 is 23.3 Å². The zero-order valence-corrected chi connectivity index (χ0v) is 20.1. The molecule has 0 atom stereocenters. The van der Waals surface area contributed by atoms with Gasteiger partial charge in [-0.15, -0.1) is 0 Å². The lowest BCUT2D eigenvalue weighted by Crippen LogP contribution is -2.27. The van der Waals surface area contributed by atoms with E-state index in [0.717, 1.165) is 0 Å².